The van der Waals surface area contributed by atoms with E-state index in [2.05, 4.69) is 27.4 Å². The van der Waals surface area contributed by atoms with Gasteiger partial charge in [0, 0.05) is 10.0 Å². The van der Waals surface area contributed by atoms with Crippen molar-refractivity contribution in [2.75, 3.05) is 0 Å². The molecular formula is C12H11BrCl2N2S. The molecule has 96 valence electrons. The molecule has 2 nitrogen and oxygen atoms in total. The number of thiophene rings is 1. The smallest absolute Gasteiger partial charge is 0.0992 e. The third-order valence-corrected chi connectivity index (χ3v) is 4.93. The number of benzene rings is 1. The van der Waals surface area contributed by atoms with Gasteiger partial charge in [0.15, 0.2) is 0 Å². The number of hydrogen-bond acceptors (Lipinski definition) is 3. The first-order valence-corrected chi connectivity index (χ1v) is 7.62. The average Bonchev–Trinajstić information content (AvgIpc) is 2.67. The maximum absolute atomic E-state index is 6.15. The van der Waals surface area contributed by atoms with Crippen LogP contribution in [0.4, 0.5) is 0 Å². The first kappa shape index (κ1) is 14.3. The van der Waals surface area contributed by atoms with Gasteiger partial charge in [0.05, 0.1) is 14.7 Å². The van der Waals surface area contributed by atoms with Crippen LogP contribution in [0.25, 0.3) is 0 Å². The number of nitrogens with two attached hydrogens (primary N) is 1. The lowest BCUT2D eigenvalue weighted by Gasteiger charge is -2.16. The van der Waals surface area contributed by atoms with E-state index in [1.165, 1.54) is 16.9 Å². The topological polar surface area (TPSA) is 38.0 Å². The molecule has 0 aliphatic rings. The highest BCUT2D eigenvalue weighted by Gasteiger charge is 2.17. The maximum atomic E-state index is 6.15. The van der Waals surface area contributed by atoms with E-state index in [0.717, 1.165) is 16.5 Å². The van der Waals surface area contributed by atoms with E-state index in [-0.39, 0.29) is 6.04 Å². The minimum absolute atomic E-state index is 0.0556. The summed E-state index contributed by atoms with van der Waals surface area (Å²) in [6.07, 6.45) is 0.741. The molecule has 0 aliphatic heterocycles. The average molecular weight is 366 g/mol. The van der Waals surface area contributed by atoms with Crippen molar-refractivity contribution in [1.29, 1.82) is 0 Å². The Morgan fingerprint density at radius 1 is 1.33 bits per heavy atom. The van der Waals surface area contributed by atoms with Gasteiger partial charge >= 0.3 is 0 Å². The Balaban J connectivity index is 2.25. The third-order valence-electron chi connectivity index (χ3n) is 2.64. The Kier molecular flexibility index (Phi) is 5.06. The lowest BCUT2D eigenvalue weighted by Crippen LogP contribution is -2.29. The molecule has 0 spiro atoms. The summed E-state index contributed by atoms with van der Waals surface area (Å²) in [5.74, 6) is 5.62. The molecule has 0 aliphatic carbocycles. The monoisotopic (exact) mass is 364 g/mol. The van der Waals surface area contributed by atoms with Crippen LogP contribution in [0.1, 0.15) is 17.2 Å². The molecular weight excluding hydrogens is 355 g/mol. The fraction of sp³-hybridized carbons (Fsp3) is 0.167. The van der Waals surface area contributed by atoms with Crippen molar-refractivity contribution < 1.29 is 0 Å². The normalized spacial score (nSPS) is 12.7. The van der Waals surface area contributed by atoms with Crippen molar-refractivity contribution in [3.8, 4) is 0 Å². The van der Waals surface area contributed by atoms with Gasteiger partial charge in [-0.3, -0.25) is 11.3 Å². The molecule has 2 aromatic rings. The molecule has 2 rings (SSSR count). The van der Waals surface area contributed by atoms with Crippen molar-refractivity contribution in [3.05, 3.63) is 54.6 Å². The molecule has 3 N–H and O–H groups in total. The van der Waals surface area contributed by atoms with Gasteiger partial charge < -0.3 is 0 Å². The number of rotatable bonds is 4. The van der Waals surface area contributed by atoms with Crippen LogP contribution in [0, 0.1) is 0 Å². The molecule has 1 aromatic heterocycles. The quantitative estimate of drug-likeness (QED) is 0.615. The lowest BCUT2D eigenvalue weighted by atomic mass is 10.0. The molecule has 0 amide bonds. The Bertz CT molecular complexity index is 545. The van der Waals surface area contributed by atoms with Crippen molar-refractivity contribution in [2.45, 2.75) is 12.5 Å². The predicted molar refractivity (Wildman–Crippen MR) is 82.2 cm³/mol. The number of nitrogens with one attached hydrogen (secondary N) is 1. The maximum Gasteiger partial charge on any atom is 0.0992 e. The van der Waals surface area contributed by atoms with Gasteiger partial charge in [-0.05, 0) is 24.1 Å². The summed E-state index contributed by atoms with van der Waals surface area (Å²) in [5, 5.41) is 0. The van der Waals surface area contributed by atoms with Crippen molar-refractivity contribution in [3.63, 3.8) is 0 Å². The number of halogens is 3. The fourth-order valence-electron chi connectivity index (χ4n) is 1.73. The SMILES string of the molecule is NNC(Cc1ccccc1Br)c1cc(Cl)sc1Cl. The molecule has 0 fully saturated rings. The molecule has 0 bridgehead atoms. The van der Waals surface area contributed by atoms with Gasteiger partial charge in [-0.2, -0.15) is 0 Å². The van der Waals surface area contributed by atoms with Gasteiger partial charge in [-0.1, -0.05) is 57.3 Å². The highest BCUT2D eigenvalue weighted by molar-refractivity contribution is 9.10. The third kappa shape index (κ3) is 3.26. The van der Waals surface area contributed by atoms with Crippen LogP contribution in [0.3, 0.4) is 0 Å². The minimum Gasteiger partial charge on any atom is -0.271 e. The molecule has 0 radical (unpaired) electrons. The van der Waals surface area contributed by atoms with E-state index in [9.17, 15) is 0 Å². The van der Waals surface area contributed by atoms with E-state index in [1.54, 1.807) is 0 Å². The van der Waals surface area contributed by atoms with Crippen LogP contribution in [-0.4, -0.2) is 0 Å². The fourth-order valence-corrected chi connectivity index (χ4v) is 3.76. The lowest BCUT2D eigenvalue weighted by molar-refractivity contribution is 0.553. The summed E-state index contributed by atoms with van der Waals surface area (Å²) >= 11 is 17.0. The Hall–Kier alpha value is -0.100. The standard InChI is InChI=1S/C12H11BrCl2N2S/c13-9-4-2-1-3-7(9)5-10(17-16)8-6-11(14)18-12(8)15/h1-4,6,10,17H,5,16H2. The van der Waals surface area contributed by atoms with Crippen LogP contribution >= 0.6 is 50.5 Å². The summed E-state index contributed by atoms with van der Waals surface area (Å²) in [6.45, 7) is 0. The number of hydrazine groups is 1. The van der Waals surface area contributed by atoms with Crippen LogP contribution in [0.2, 0.25) is 8.67 Å². The first-order chi connectivity index (χ1) is 8.61. The second-order valence-electron chi connectivity index (χ2n) is 3.79. The molecule has 0 saturated heterocycles. The van der Waals surface area contributed by atoms with E-state index < -0.39 is 0 Å². The van der Waals surface area contributed by atoms with E-state index in [4.69, 9.17) is 29.0 Å². The van der Waals surface area contributed by atoms with Crippen LogP contribution in [-0.2, 0) is 6.42 Å². The van der Waals surface area contributed by atoms with Gasteiger partial charge in [-0.15, -0.1) is 11.3 Å². The second-order valence-corrected chi connectivity index (χ2v) is 6.93. The molecule has 18 heavy (non-hydrogen) atoms. The summed E-state index contributed by atoms with van der Waals surface area (Å²) in [4.78, 5) is 0. The number of hydrogen-bond donors (Lipinski definition) is 2. The zero-order chi connectivity index (χ0) is 13.1. The molecule has 1 aromatic carbocycles. The van der Waals surface area contributed by atoms with E-state index in [0.29, 0.717) is 8.67 Å². The van der Waals surface area contributed by atoms with Crippen molar-refractivity contribution >= 4 is 50.5 Å². The molecule has 6 heteroatoms. The minimum atomic E-state index is -0.0556. The molecule has 0 saturated carbocycles. The summed E-state index contributed by atoms with van der Waals surface area (Å²) in [6, 6.07) is 9.83. The van der Waals surface area contributed by atoms with Crippen LogP contribution in [0.5, 0.6) is 0 Å². The Labute approximate surface area is 128 Å². The van der Waals surface area contributed by atoms with E-state index in [1.807, 2.05) is 24.3 Å². The Morgan fingerprint density at radius 2 is 2.06 bits per heavy atom. The predicted octanol–water partition coefficient (Wildman–Crippen LogP) is 4.56. The Morgan fingerprint density at radius 3 is 2.61 bits per heavy atom. The van der Waals surface area contributed by atoms with Crippen LogP contribution < -0.4 is 11.3 Å². The van der Waals surface area contributed by atoms with Gasteiger partial charge in [0.25, 0.3) is 0 Å². The molecule has 1 unspecified atom stereocenters. The summed E-state index contributed by atoms with van der Waals surface area (Å²) in [5.41, 5.74) is 4.89. The summed E-state index contributed by atoms with van der Waals surface area (Å²) in [7, 11) is 0. The molecule has 1 atom stereocenters. The van der Waals surface area contributed by atoms with Crippen molar-refractivity contribution in [1.82, 2.24) is 5.43 Å². The van der Waals surface area contributed by atoms with Crippen molar-refractivity contribution in [2.24, 2.45) is 5.84 Å². The van der Waals surface area contributed by atoms with Gasteiger partial charge in [-0.25, -0.2) is 0 Å². The first-order valence-electron chi connectivity index (χ1n) is 5.26. The van der Waals surface area contributed by atoms with E-state index >= 15 is 0 Å². The zero-order valence-electron chi connectivity index (χ0n) is 9.29. The highest BCUT2D eigenvalue weighted by Crippen LogP contribution is 2.36. The summed E-state index contributed by atoms with van der Waals surface area (Å²) < 4.78 is 2.40. The largest absolute Gasteiger partial charge is 0.271 e. The van der Waals surface area contributed by atoms with Crippen LogP contribution in [0.15, 0.2) is 34.8 Å². The second kappa shape index (κ2) is 6.37. The zero-order valence-corrected chi connectivity index (χ0v) is 13.2. The van der Waals surface area contributed by atoms with Gasteiger partial charge in [0.1, 0.15) is 0 Å². The molecule has 1 heterocycles. The highest BCUT2D eigenvalue weighted by atomic mass is 79.9. The van der Waals surface area contributed by atoms with Gasteiger partial charge in [0.2, 0.25) is 0 Å².